The van der Waals surface area contributed by atoms with E-state index in [0.29, 0.717) is 5.15 Å². The average Bonchev–Trinajstić information content (AvgIpc) is 1.82. The van der Waals surface area contributed by atoms with Gasteiger partial charge in [-0.25, -0.2) is 4.98 Å². The Morgan fingerprint density at radius 1 is 1.30 bits per heavy atom. The monoisotopic (exact) mass is 154 g/mol. The van der Waals surface area contributed by atoms with Gasteiger partial charge in [-0.05, 0) is 31.9 Å². The number of nitrogens with zero attached hydrogens (tertiary/aromatic N) is 1. The Morgan fingerprint density at radius 3 is 2.40 bits per heavy atom. The number of aromatic nitrogens is 1. The Kier molecular flexibility index (Phi) is 1.95. The third kappa shape index (κ3) is 1.29. The summed E-state index contributed by atoms with van der Waals surface area (Å²) in [6, 6.07) is 2.93. The van der Waals surface area contributed by atoms with Crippen LogP contribution in [-0.2, 0) is 0 Å². The quantitative estimate of drug-likeness (QED) is 0.524. The summed E-state index contributed by atoms with van der Waals surface area (Å²) in [7, 11) is 0. The lowest BCUT2D eigenvalue weighted by atomic mass is 10.1. The van der Waals surface area contributed by atoms with Gasteiger partial charge in [0.2, 0.25) is 0 Å². The topological polar surface area (TPSA) is 12.9 Å². The summed E-state index contributed by atoms with van der Waals surface area (Å²) in [5, 5.41) is 0.459. The van der Waals surface area contributed by atoms with E-state index in [4.69, 9.17) is 11.6 Å². The molecule has 0 amide bonds. The number of rotatable bonds is 0. The van der Waals surface area contributed by atoms with Crippen LogP contribution in [0.2, 0.25) is 5.15 Å². The van der Waals surface area contributed by atoms with Crippen molar-refractivity contribution < 1.29 is 0 Å². The van der Waals surface area contributed by atoms with Crippen LogP contribution in [0.15, 0.2) is 0 Å². The van der Waals surface area contributed by atoms with Crippen LogP contribution in [0.4, 0.5) is 0 Å². The third-order valence-corrected chi connectivity index (χ3v) is 1.84. The van der Waals surface area contributed by atoms with E-state index < -0.39 is 0 Å². The predicted molar refractivity (Wildman–Crippen MR) is 42.3 cm³/mol. The lowest BCUT2D eigenvalue weighted by Gasteiger charge is -2.01. The number of aryl methyl sites for hydroxylation is 2. The van der Waals surface area contributed by atoms with Crippen molar-refractivity contribution in [3.63, 3.8) is 0 Å². The van der Waals surface area contributed by atoms with Crippen molar-refractivity contribution >= 4 is 11.6 Å². The second kappa shape index (κ2) is 2.59. The molecule has 53 valence electrons. The zero-order chi connectivity index (χ0) is 7.72. The van der Waals surface area contributed by atoms with E-state index in [2.05, 4.69) is 11.1 Å². The van der Waals surface area contributed by atoms with Crippen molar-refractivity contribution in [2.45, 2.75) is 20.8 Å². The van der Waals surface area contributed by atoms with Crippen LogP contribution < -0.4 is 0 Å². The maximum Gasteiger partial charge on any atom is 0.137 e. The standard InChI is InChI=1S/C8H9ClN/c1-5-4-8(9)10-7(3)6(5)2/h1-3H3. The molecular weight excluding hydrogens is 146 g/mol. The molecule has 0 unspecified atom stereocenters. The van der Waals surface area contributed by atoms with Gasteiger partial charge in [0.25, 0.3) is 0 Å². The molecule has 0 aliphatic rings. The highest BCUT2D eigenvalue weighted by Gasteiger charge is 1.99. The Morgan fingerprint density at radius 2 is 1.90 bits per heavy atom. The predicted octanol–water partition coefficient (Wildman–Crippen LogP) is 2.46. The molecule has 1 aromatic rings. The lowest BCUT2D eigenvalue weighted by molar-refractivity contribution is 1.12. The Balaban J connectivity index is 3.31. The number of hydrogen-bond acceptors (Lipinski definition) is 1. The summed E-state index contributed by atoms with van der Waals surface area (Å²) in [5.74, 6) is 0. The summed E-state index contributed by atoms with van der Waals surface area (Å²) in [6.45, 7) is 5.95. The first kappa shape index (κ1) is 7.55. The minimum atomic E-state index is 0.459. The van der Waals surface area contributed by atoms with Gasteiger partial charge >= 0.3 is 0 Å². The minimum absolute atomic E-state index is 0.459. The van der Waals surface area contributed by atoms with E-state index in [9.17, 15) is 0 Å². The van der Waals surface area contributed by atoms with E-state index in [1.54, 1.807) is 0 Å². The first-order valence-corrected chi connectivity index (χ1v) is 3.51. The highest BCUT2D eigenvalue weighted by molar-refractivity contribution is 6.29. The normalized spacial score (nSPS) is 10.0. The molecule has 2 heteroatoms. The van der Waals surface area contributed by atoms with Gasteiger partial charge in [-0.1, -0.05) is 11.6 Å². The van der Waals surface area contributed by atoms with Crippen LogP contribution in [0.1, 0.15) is 16.8 Å². The largest absolute Gasteiger partial charge is 0.240 e. The van der Waals surface area contributed by atoms with Crippen LogP contribution in [0.3, 0.4) is 0 Å². The summed E-state index contributed by atoms with van der Waals surface area (Å²) in [5.41, 5.74) is 3.24. The van der Waals surface area contributed by atoms with Crippen LogP contribution in [0.25, 0.3) is 0 Å². The van der Waals surface area contributed by atoms with E-state index in [1.165, 1.54) is 5.56 Å². The van der Waals surface area contributed by atoms with Crippen molar-refractivity contribution in [1.29, 1.82) is 0 Å². The molecule has 1 nitrogen and oxygen atoms in total. The molecule has 0 N–H and O–H groups in total. The molecule has 0 saturated carbocycles. The van der Waals surface area contributed by atoms with Gasteiger partial charge in [-0.2, -0.15) is 0 Å². The van der Waals surface area contributed by atoms with Crippen LogP contribution in [0, 0.1) is 26.8 Å². The summed E-state index contributed by atoms with van der Waals surface area (Å²) >= 11 is 5.66. The molecule has 0 atom stereocenters. The SMILES string of the molecule is Cc1[c]c(Cl)nc(C)c1C. The number of halogens is 1. The zero-order valence-corrected chi connectivity index (χ0v) is 7.08. The smallest absolute Gasteiger partial charge is 0.137 e. The fourth-order valence-corrected chi connectivity index (χ4v) is 1.05. The summed E-state index contributed by atoms with van der Waals surface area (Å²) < 4.78 is 0. The van der Waals surface area contributed by atoms with Crippen LogP contribution in [-0.4, -0.2) is 4.98 Å². The Bertz CT molecular complexity index is 232. The van der Waals surface area contributed by atoms with Crippen molar-refractivity contribution in [2.75, 3.05) is 0 Å². The molecule has 1 rings (SSSR count). The lowest BCUT2D eigenvalue weighted by Crippen LogP contribution is -1.90. The maximum atomic E-state index is 5.66. The molecule has 1 heterocycles. The Hall–Kier alpha value is -0.560. The van der Waals surface area contributed by atoms with Gasteiger partial charge < -0.3 is 0 Å². The van der Waals surface area contributed by atoms with Crippen LogP contribution in [0.5, 0.6) is 0 Å². The molecule has 0 aliphatic heterocycles. The summed E-state index contributed by atoms with van der Waals surface area (Å²) in [6.07, 6.45) is 0. The van der Waals surface area contributed by atoms with Gasteiger partial charge in [0.15, 0.2) is 0 Å². The van der Waals surface area contributed by atoms with Crippen LogP contribution >= 0.6 is 11.6 Å². The highest BCUT2D eigenvalue weighted by Crippen LogP contribution is 2.13. The second-order valence-corrected chi connectivity index (χ2v) is 2.72. The number of pyridine rings is 1. The molecule has 1 aromatic heterocycles. The molecule has 0 aromatic carbocycles. The molecule has 0 bridgehead atoms. The van der Waals surface area contributed by atoms with Gasteiger partial charge in [0.1, 0.15) is 5.15 Å². The van der Waals surface area contributed by atoms with Gasteiger partial charge in [-0.15, -0.1) is 0 Å². The van der Waals surface area contributed by atoms with E-state index >= 15 is 0 Å². The van der Waals surface area contributed by atoms with Gasteiger partial charge in [-0.3, -0.25) is 0 Å². The molecule has 0 aliphatic carbocycles. The molecular formula is C8H9ClN. The molecule has 0 spiro atoms. The van der Waals surface area contributed by atoms with Crippen molar-refractivity contribution in [3.05, 3.63) is 28.0 Å². The second-order valence-electron chi connectivity index (χ2n) is 2.36. The van der Waals surface area contributed by atoms with E-state index in [0.717, 1.165) is 11.3 Å². The molecule has 1 radical (unpaired) electrons. The first-order valence-electron chi connectivity index (χ1n) is 3.14. The fraction of sp³-hybridized carbons (Fsp3) is 0.375. The Labute approximate surface area is 66.0 Å². The van der Waals surface area contributed by atoms with Gasteiger partial charge in [0, 0.05) is 11.8 Å². The molecule has 0 fully saturated rings. The third-order valence-electron chi connectivity index (χ3n) is 1.66. The van der Waals surface area contributed by atoms with Crippen molar-refractivity contribution in [2.24, 2.45) is 0 Å². The summed E-state index contributed by atoms with van der Waals surface area (Å²) in [4.78, 5) is 4.04. The maximum absolute atomic E-state index is 5.66. The fourth-order valence-electron chi connectivity index (χ4n) is 0.779. The number of hydrogen-bond donors (Lipinski definition) is 0. The first-order chi connectivity index (χ1) is 4.61. The minimum Gasteiger partial charge on any atom is -0.240 e. The van der Waals surface area contributed by atoms with E-state index in [1.807, 2.05) is 20.8 Å². The average molecular weight is 155 g/mol. The van der Waals surface area contributed by atoms with Gasteiger partial charge in [0.05, 0.1) is 0 Å². The highest BCUT2D eigenvalue weighted by atomic mass is 35.5. The zero-order valence-electron chi connectivity index (χ0n) is 6.33. The van der Waals surface area contributed by atoms with Crippen molar-refractivity contribution in [1.82, 2.24) is 4.98 Å². The molecule has 10 heavy (non-hydrogen) atoms. The molecule has 0 saturated heterocycles. The van der Waals surface area contributed by atoms with Crippen molar-refractivity contribution in [3.8, 4) is 0 Å². The van der Waals surface area contributed by atoms with E-state index in [-0.39, 0.29) is 0 Å².